The zero-order chi connectivity index (χ0) is 28.1. The van der Waals surface area contributed by atoms with Crippen LogP contribution in [0, 0.1) is 11.7 Å². The van der Waals surface area contributed by atoms with Crippen molar-refractivity contribution in [3.05, 3.63) is 86.6 Å². The molecule has 214 valence electrons. The number of hydrogen-bond donors (Lipinski definition) is 1. The Bertz CT molecular complexity index is 1260. The monoisotopic (exact) mass is 583 g/mol. The predicted octanol–water partition coefficient (Wildman–Crippen LogP) is 7.06. The Hall–Kier alpha value is -2.32. The molecule has 3 aromatic rings. The number of nitrogens with zero attached hydrogens (tertiary/aromatic N) is 3. The highest BCUT2D eigenvalue weighted by molar-refractivity contribution is 7.11. The topological polar surface area (TPSA) is 56.7 Å². The second kappa shape index (κ2) is 13.6. The van der Waals surface area contributed by atoms with E-state index in [1.54, 1.807) is 12.1 Å². The number of thiazole rings is 1. The Balaban J connectivity index is 0.000000161. The molecule has 3 aliphatic rings. The fourth-order valence-electron chi connectivity index (χ4n) is 5.84. The maximum absolute atomic E-state index is 13.3. The highest BCUT2D eigenvalue weighted by Gasteiger charge is 2.37. The summed E-state index contributed by atoms with van der Waals surface area (Å²) in [7, 11) is 2.20. The molecule has 8 heteroatoms. The molecule has 0 bridgehead atoms. The van der Waals surface area contributed by atoms with E-state index in [2.05, 4.69) is 40.2 Å². The molecule has 2 aromatic carbocycles. The lowest BCUT2D eigenvalue weighted by atomic mass is 9.96. The van der Waals surface area contributed by atoms with Gasteiger partial charge >= 0.3 is 5.97 Å². The number of piperidine rings is 1. The molecule has 0 spiro atoms. The minimum atomic E-state index is -0.711. The van der Waals surface area contributed by atoms with Gasteiger partial charge in [0, 0.05) is 29.1 Å². The van der Waals surface area contributed by atoms with E-state index in [1.807, 2.05) is 29.5 Å². The predicted molar refractivity (Wildman–Crippen MR) is 160 cm³/mol. The smallest absolute Gasteiger partial charge is 0.320 e. The number of carboxylic acids is 1. The molecular formula is C32H39ClFN3O2S. The van der Waals surface area contributed by atoms with Crippen LogP contribution in [0.2, 0.25) is 5.02 Å². The van der Waals surface area contributed by atoms with Gasteiger partial charge in [0.15, 0.2) is 0 Å². The number of hydrogen-bond acceptors (Lipinski definition) is 5. The highest BCUT2D eigenvalue weighted by Crippen LogP contribution is 2.37. The largest absolute Gasteiger partial charge is 0.480 e. The SMILES string of the molecule is CN1CCC(c2cnc(Cc3ccc(Cl)cc3)s2)CC1.O=C(O)C(CC1CC1)N1CCC(c2cccc(F)c2)C1. The molecule has 6 rings (SSSR count). The summed E-state index contributed by atoms with van der Waals surface area (Å²) >= 11 is 7.79. The van der Waals surface area contributed by atoms with Crippen molar-refractivity contribution in [3.63, 3.8) is 0 Å². The summed E-state index contributed by atoms with van der Waals surface area (Å²) in [6.45, 7) is 3.93. The first-order valence-electron chi connectivity index (χ1n) is 14.4. The molecular weight excluding hydrogens is 545 g/mol. The minimum absolute atomic E-state index is 0.214. The lowest BCUT2D eigenvalue weighted by Crippen LogP contribution is -2.40. The average molecular weight is 584 g/mol. The molecule has 2 aliphatic heterocycles. The number of halogens is 2. The van der Waals surface area contributed by atoms with E-state index in [0.29, 0.717) is 11.8 Å². The number of carbonyl (C=O) groups is 1. The fraction of sp³-hybridized carbons (Fsp3) is 0.500. The summed E-state index contributed by atoms with van der Waals surface area (Å²) < 4.78 is 13.3. The van der Waals surface area contributed by atoms with Crippen LogP contribution in [0.5, 0.6) is 0 Å². The quantitative estimate of drug-likeness (QED) is 0.307. The van der Waals surface area contributed by atoms with E-state index >= 15 is 0 Å². The summed E-state index contributed by atoms with van der Waals surface area (Å²) in [5.74, 6) is 0.643. The molecule has 1 aliphatic carbocycles. The Morgan fingerprint density at radius 1 is 1.07 bits per heavy atom. The van der Waals surface area contributed by atoms with Gasteiger partial charge in [-0.25, -0.2) is 9.37 Å². The van der Waals surface area contributed by atoms with E-state index in [0.717, 1.165) is 42.9 Å². The van der Waals surface area contributed by atoms with Crippen LogP contribution in [0.3, 0.4) is 0 Å². The summed E-state index contributed by atoms with van der Waals surface area (Å²) in [5, 5.41) is 11.4. The molecule has 2 unspecified atom stereocenters. The maximum atomic E-state index is 13.3. The lowest BCUT2D eigenvalue weighted by molar-refractivity contribution is -0.143. The van der Waals surface area contributed by atoms with Gasteiger partial charge in [-0.3, -0.25) is 9.69 Å². The van der Waals surface area contributed by atoms with E-state index in [-0.39, 0.29) is 17.8 Å². The maximum Gasteiger partial charge on any atom is 0.320 e. The highest BCUT2D eigenvalue weighted by atomic mass is 35.5. The molecule has 2 atom stereocenters. The van der Waals surface area contributed by atoms with Gasteiger partial charge in [0.25, 0.3) is 0 Å². The standard InChI is InChI=1S/C16H19ClN2S.C16H20FNO2/c1-19-8-6-13(7-9-19)15-11-18-16(20-15)10-12-2-4-14(17)5-3-12;17-14-3-1-2-12(9-14)13-6-7-18(10-13)15(16(19)20)8-11-4-5-11/h2-5,11,13H,6-10H2,1H3;1-3,9,11,13,15H,4-8,10H2,(H,19,20). The van der Waals surface area contributed by atoms with Crippen molar-refractivity contribution in [2.75, 3.05) is 33.2 Å². The van der Waals surface area contributed by atoms with Crippen LogP contribution in [0.4, 0.5) is 4.39 Å². The molecule has 1 N–H and O–H groups in total. The zero-order valence-electron chi connectivity index (χ0n) is 23.1. The Kier molecular flexibility index (Phi) is 9.89. The summed E-state index contributed by atoms with van der Waals surface area (Å²) in [4.78, 5) is 22.0. The first-order chi connectivity index (χ1) is 19.3. The summed E-state index contributed by atoms with van der Waals surface area (Å²) in [6.07, 6.45) is 9.55. The van der Waals surface area contributed by atoms with Gasteiger partial charge in [0.1, 0.15) is 11.9 Å². The van der Waals surface area contributed by atoms with Crippen molar-refractivity contribution >= 4 is 28.9 Å². The van der Waals surface area contributed by atoms with Gasteiger partial charge < -0.3 is 10.0 Å². The number of aliphatic carboxylic acids is 1. The van der Waals surface area contributed by atoms with E-state index in [4.69, 9.17) is 11.6 Å². The normalized spacial score (nSPS) is 21.1. The minimum Gasteiger partial charge on any atom is -0.480 e. The second-order valence-corrected chi connectivity index (χ2v) is 13.2. The molecule has 0 radical (unpaired) electrons. The van der Waals surface area contributed by atoms with Crippen LogP contribution in [0.1, 0.15) is 71.4 Å². The number of benzene rings is 2. The molecule has 0 amide bonds. The van der Waals surface area contributed by atoms with Crippen molar-refractivity contribution in [1.29, 1.82) is 0 Å². The number of likely N-dealkylation sites (tertiary alicyclic amines) is 2. The van der Waals surface area contributed by atoms with Gasteiger partial charge in [0.05, 0.1) is 5.01 Å². The average Bonchev–Trinajstić information content (AvgIpc) is 3.43. The molecule has 2 saturated heterocycles. The Morgan fingerprint density at radius 2 is 1.80 bits per heavy atom. The van der Waals surface area contributed by atoms with Crippen molar-refractivity contribution in [3.8, 4) is 0 Å². The number of aromatic nitrogens is 1. The zero-order valence-corrected chi connectivity index (χ0v) is 24.7. The van der Waals surface area contributed by atoms with E-state index in [1.165, 1.54) is 60.3 Å². The first-order valence-corrected chi connectivity index (χ1v) is 15.6. The third kappa shape index (κ3) is 8.12. The molecule has 3 heterocycles. The number of rotatable bonds is 8. The van der Waals surface area contributed by atoms with Crippen LogP contribution in [-0.4, -0.2) is 65.1 Å². The molecule has 40 heavy (non-hydrogen) atoms. The van der Waals surface area contributed by atoms with Gasteiger partial charge in [-0.1, -0.05) is 48.7 Å². The Morgan fingerprint density at radius 3 is 2.48 bits per heavy atom. The fourth-order valence-corrected chi connectivity index (χ4v) is 7.09. The molecule has 1 aromatic heterocycles. The van der Waals surface area contributed by atoms with Crippen LogP contribution in [0.15, 0.2) is 54.7 Å². The van der Waals surface area contributed by atoms with Crippen molar-refractivity contribution in [2.45, 2.75) is 62.8 Å². The van der Waals surface area contributed by atoms with Crippen molar-refractivity contribution in [2.24, 2.45) is 5.92 Å². The third-order valence-corrected chi connectivity index (χ3v) is 9.89. The van der Waals surface area contributed by atoms with Crippen LogP contribution in [-0.2, 0) is 11.2 Å². The van der Waals surface area contributed by atoms with Crippen LogP contribution >= 0.6 is 22.9 Å². The van der Waals surface area contributed by atoms with Gasteiger partial charge in [-0.2, -0.15) is 0 Å². The molecule has 5 nitrogen and oxygen atoms in total. The first kappa shape index (κ1) is 29.2. The van der Waals surface area contributed by atoms with E-state index in [9.17, 15) is 14.3 Å². The van der Waals surface area contributed by atoms with Crippen molar-refractivity contribution < 1.29 is 14.3 Å². The molecule has 1 saturated carbocycles. The van der Waals surface area contributed by atoms with Crippen molar-refractivity contribution in [1.82, 2.24) is 14.8 Å². The molecule has 3 fully saturated rings. The van der Waals surface area contributed by atoms with Gasteiger partial charge in [-0.05, 0) is 106 Å². The second-order valence-electron chi connectivity index (χ2n) is 11.6. The third-order valence-electron chi connectivity index (χ3n) is 8.48. The summed E-state index contributed by atoms with van der Waals surface area (Å²) in [5.41, 5.74) is 2.27. The van der Waals surface area contributed by atoms with Gasteiger partial charge in [-0.15, -0.1) is 11.3 Å². The van der Waals surface area contributed by atoms with E-state index < -0.39 is 5.97 Å². The van der Waals surface area contributed by atoms with Crippen LogP contribution < -0.4 is 0 Å². The Labute approximate surface area is 246 Å². The lowest BCUT2D eigenvalue weighted by Gasteiger charge is -2.27. The number of carboxylic acid groups (broad SMARTS) is 1. The van der Waals surface area contributed by atoms with Gasteiger partial charge in [0.2, 0.25) is 0 Å². The van der Waals surface area contributed by atoms with Crippen LogP contribution in [0.25, 0.3) is 0 Å². The summed E-state index contributed by atoms with van der Waals surface area (Å²) in [6, 6.07) is 14.4.